The molecule has 0 spiro atoms. The lowest BCUT2D eigenvalue weighted by molar-refractivity contribution is 0.166. The number of nitrogens with zero attached hydrogens (tertiary/aromatic N) is 2. The van der Waals surface area contributed by atoms with Crippen LogP contribution in [0, 0.1) is 11.7 Å². The van der Waals surface area contributed by atoms with Crippen LogP contribution in [0.15, 0.2) is 66.7 Å². The Morgan fingerprint density at radius 1 is 0.838 bits per heavy atom. The maximum atomic E-state index is 13.3. The van der Waals surface area contributed by atoms with Crippen LogP contribution in [0.1, 0.15) is 54.4 Å². The molecule has 3 nitrogen and oxygen atoms in total. The van der Waals surface area contributed by atoms with E-state index in [4.69, 9.17) is 16.3 Å². The van der Waals surface area contributed by atoms with E-state index in [0.717, 1.165) is 87.4 Å². The molecule has 3 aromatic rings. The van der Waals surface area contributed by atoms with E-state index in [1.54, 1.807) is 12.1 Å². The molecule has 1 fully saturated rings. The summed E-state index contributed by atoms with van der Waals surface area (Å²) in [6, 6.07) is 21.8. The molecule has 1 saturated heterocycles. The largest absolute Gasteiger partial charge is 0.494 e. The Balaban J connectivity index is 1.04. The van der Waals surface area contributed by atoms with Crippen LogP contribution in [0.5, 0.6) is 5.75 Å². The highest BCUT2D eigenvalue weighted by atomic mass is 35.5. The van der Waals surface area contributed by atoms with Gasteiger partial charge in [-0.05, 0) is 123 Å². The molecule has 0 aromatic heterocycles. The van der Waals surface area contributed by atoms with Crippen molar-refractivity contribution in [2.24, 2.45) is 5.92 Å². The molecule has 2 aliphatic heterocycles. The highest BCUT2D eigenvalue weighted by molar-refractivity contribution is 6.30. The fourth-order valence-corrected chi connectivity index (χ4v) is 5.98. The summed E-state index contributed by atoms with van der Waals surface area (Å²) >= 11 is 6.14. The van der Waals surface area contributed by atoms with Crippen LogP contribution >= 0.6 is 11.6 Å². The average molecular weight is 521 g/mol. The first-order valence-corrected chi connectivity index (χ1v) is 14.2. The molecule has 196 valence electrons. The van der Waals surface area contributed by atoms with Crippen LogP contribution in [0.4, 0.5) is 4.39 Å². The Hall–Kier alpha value is -2.40. The molecule has 3 aromatic carbocycles. The van der Waals surface area contributed by atoms with Crippen molar-refractivity contribution in [3.63, 3.8) is 0 Å². The first-order valence-electron chi connectivity index (χ1n) is 13.8. The van der Waals surface area contributed by atoms with Crippen LogP contribution in [0.25, 0.3) is 0 Å². The lowest BCUT2D eigenvalue weighted by Crippen LogP contribution is -2.33. The lowest BCUT2D eigenvalue weighted by Gasteiger charge is -2.32. The van der Waals surface area contributed by atoms with Crippen molar-refractivity contribution in [2.75, 3.05) is 26.2 Å². The van der Waals surface area contributed by atoms with Gasteiger partial charge in [-0.2, -0.15) is 0 Å². The van der Waals surface area contributed by atoms with Crippen molar-refractivity contribution in [1.82, 2.24) is 9.80 Å². The second-order valence-corrected chi connectivity index (χ2v) is 11.1. The van der Waals surface area contributed by atoms with Gasteiger partial charge in [0.2, 0.25) is 0 Å². The van der Waals surface area contributed by atoms with E-state index in [1.165, 1.54) is 36.0 Å². The third kappa shape index (κ3) is 7.80. The van der Waals surface area contributed by atoms with Gasteiger partial charge in [0.15, 0.2) is 0 Å². The summed E-state index contributed by atoms with van der Waals surface area (Å²) in [5.74, 6) is 1.61. The number of ether oxygens (including phenoxy) is 1. The zero-order valence-electron chi connectivity index (χ0n) is 21.7. The topological polar surface area (TPSA) is 15.7 Å². The maximum Gasteiger partial charge on any atom is 0.123 e. The molecular weight excluding hydrogens is 483 g/mol. The van der Waals surface area contributed by atoms with Crippen molar-refractivity contribution in [3.05, 3.63) is 99.8 Å². The average Bonchev–Trinajstić information content (AvgIpc) is 3.10. The van der Waals surface area contributed by atoms with Crippen LogP contribution in [0.3, 0.4) is 0 Å². The zero-order valence-corrected chi connectivity index (χ0v) is 22.4. The smallest absolute Gasteiger partial charge is 0.123 e. The molecule has 2 aliphatic rings. The van der Waals surface area contributed by atoms with E-state index in [-0.39, 0.29) is 5.82 Å². The predicted molar refractivity (Wildman–Crippen MR) is 149 cm³/mol. The van der Waals surface area contributed by atoms with E-state index in [0.29, 0.717) is 0 Å². The number of hydrogen-bond acceptors (Lipinski definition) is 3. The van der Waals surface area contributed by atoms with Crippen LogP contribution in [0.2, 0.25) is 5.02 Å². The van der Waals surface area contributed by atoms with Gasteiger partial charge in [-0.3, -0.25) is 9.80 Å². The standard InChI is InChI=1S/C32H38ClFN2O/c33-30-7-1-4-27(20-30)23-35-17-14-25(15-18-35)5-3-19-37-32-13-10-28-6-2-16-36(24-29(28)21-32)22-26-8-11-31(34)12-9-26/h1,4,7-13,20-21,25H,2-3,5-6,14-19,22-24H2. The Kier molecular flexibility index (Phi) is 9.14. The summed E-state index contributed by atoms with van der Waals surface area (Å²) in [4.78, 5) is 5.01. The summed E-state index contributed by atoms with van der Waals surface area (Å²) in [6.45, 7) is 6.92. The van der Waals surface area contributed by atoms with Gasteiger partial charge < -0.3 is 4.74 Å². The molecule has 0 amide bonds. The molecule has 0 radical (unpaired) electrons. The van der Waals surface area contributed by atoms with E-state index >= 15 is 0 Å². The molecule has 0 atom stereocenters. The second kappa shape index (κ2) is 12.9. The molecule has 5 heteroatoms. The summed E-state index contributed by atoms with van der Waals surface area (Å²) in [6.07, 6.45) is 7.12. The Bertz CT molecular complexity index is 1140. The third-order valence-electron chi connectivity index (χ3n) is 7.84. The summed E-state index contributed by atoms with van der Waals surface area (Å²) in [5, 5.41) is 0.823. The molecule has 0 N–H and O–H groups in total. The summed E-state index contributed by atoms with van der Waals surface area (Å²) < 4.78 is 19.5. The molecule has 5 rings (SSSR count). The van der Waals surface area contributed by atoms with Crippen LogP contribution in [-0.4, -0.2) is 36.0 Å². The number of halogens is 2. The minimum atomic E-state index is -0.175. The number of fused-ring (bicyclic) bond motifs is 1. The lowest BCUT2D eigenvalue weighted by atomic mass is 9.92. The molecule has 2 heterocycles. The van der Waals surface area contributed by atoms with Gasteiger partial charge in [0, 0.05) is 24.7 Å². The summed E-state index contributed by atoms with van der Waals surface area (Å²) in [5.41, 5.74) is 5.26. The normalized spacial score (nSPS) is 17.4. The Labute approximate surface area is 226 Å². The van der Waals surface area contributed by atoms with Gasteiger partial charge in [0.05, 0.1) is 6.61 Å². The number of piperidine rings is 1. The fourth-order valence-electron chi connectivity index (χ4n) is 5.77. The molecule has 37 heavy (non-hydrogen) atoms. The highest BCUT2D eigenvalue weighted by Gasteiger charge is 2.19. The van der Waals surface area contributed by atoms with Crippen molar-refractivity contribution < 1.29 is 9.13 Å². The van der Waals surface area contributed by atoms with Crippen molar-refractivity contribution in [2.45, 2.75) is 58.2 Å². The third-order valence-corrected chi connectivity index (χ3v) is 8.07. The Morgan fingerprint density at radius 3 is 2.46 bits per heavy atom. The number of hydrogen-bond donors (Lipinski definition) is 0. The Morgan fingerprint density at radius 2 is 1.65 bits per heavy atom. The molecule has 0 saturated carbocycles. The summed E-state index contributed by atoms with van der Waals surface area (Å²) in [7, 11) is 0. The molecule has 0 unspecified atom stereocenters. The van der Waals surface area contributed by atoms with E-state index in [9.17, 15) is 4.39 Å². The van der Waals surface area contributed by atoms with Crippen LogP contribution in [-0.2, 0) is 26.1 Å². The maximum absolute atomic E-state index is 13.3. The molecular formula is C32H38ClFN2O. The van der Waals surface area contributed by atoms with Crippen molar-refractivity contribution in [1.29, 1.82) is 0 Å². The predicted octanol–water partition coefficient (Wildman–Crippen LogP) is 7.50. The first kappa shape index (κ1) is 26.2. The van der Waals surface area contributed by atoms with Gasteiger partial charge in [0.1, 0.15) is 11.6 Å². The van der Waals surface area contributed by atoms with Crippen molar-refractivity contribution in [3.8, 4) is 5.75 Å². The number of rotatable bonds is 9. The minimum absolute atomic E-state index is 0.175. The molecule has 0 bridgehead atoms. The van der Waals surface area contributed by atoms with E-state index in [1.807, 2.05) is 24.3 Å². The van der Waals surface area contributed by atoms with Gasteiger partial charge in [-0.1, -0.05) is 41.9 Å². The number of aryl methyl sites for hydroxylation is 1. The first-order chi connectivity index (χ1) is 18.1. The van der Waals surface area contributed by atoms with Crippen molar-refractivity contribution >= 4 is 11.6 Å². The van der Waals surface area contributed by atoms with E-state index < -0.39 is 0 Å². The fraction of sp³-hybridized carbons (Fsp3) is 0.438. The van der Waals surface area contributed by atoms with Gasteiger partial charge in [-0.15, -0.1) is 0 Å². The second-order valence-electron chi connectivity index (χ2n) is 10.7. The minimum Gasteiger partial charge on any atom is -0.494 e. The monoisotopic (exact) mass is 520 g/mol. The van der Waals surface area contributed by atoms with Gasteiger partial charge >= 0.3 is 0 Å². The zero-order chi connectivity index (χ0) is 25.5. The van der Waals surface area contributed by atoms with Gasteiger partial charge in [0.25, 0.3) is 0 Å². The van der Waals surface area contributed by atoms with Gasteiger partial charge in [-0.25, -0.2) is 4.39 Å². The number of benzene rings is 3. The van der Waals surface area contributed by atoms with Crippen LogP contribution < -0.4 is 4.74 Å². The number of likely N-dealkylation sites (tertiary alicyclic amines) is 1. The highest BCUT2D eigenvalue weighted by Crippen LogP contribution is 2.26. The molecule has 0 aliphatic carbocycles. The quantitative estimate of drug-likeness (QED) is 0.272. The SMILES string of the molecule is Fc1ccc(CN2CCCc3ccc(OCCCC4CCN(Cc5cccc(Cl)c5)CC4)cc3C2)cc1. The van der Waals surface area contributed by atoms with E-state index in [2.05, 4.69) is 40.1 Å².